The van der Waals surface area contributed by atoms with Gasteiger partial charge in [-0.3, -0.25) is 0 Å². The smallest absolute Gasteiger partial charge is 0.410 e. The highest BCUT2D eigenvalue weighted by Gasteiger charge is 2.33. The normalized spacial score (nSPS) is 16.9. The largest absolute Gasteiger partial charge is 0.444 e. The molecule has 0 aliphatic carbocycles. The highest BCUT2D eigenvalue weighted by molar-refractivity contribution is 5.68. The summed E-state index contributed by atoms with van der Waals surface area (Å²) in [6, 6.07) is 15.6. The maximum atomic E-state index is 14.8. The predicted octanol–water partition coefficient (Wildman–Crippen LogP) is 7.42. The Bertz CT molecular complexity index is 1270. The molecule has 0 spiro atoms. The number of amides is 1. The van der Waals surface area contributed by atoms with Gasteiger partial charge in [0.25, 0.3) is 0 Å². The van der Waals surface area contributed by atoms with Crippen LogP contribution in [0.25, 0.3) is 11.1 Å². The van der Waals surface area contributed by atoms with Crippen LogP contribution in [-0.4, -0.2) is 40.8 Å². The number of carbonyl (C=O) groups is 1. The lowest BCUT2D eigenvalue weighted by molar-refractivity contribution is 0.0287. The zero-order chi connectivity index (χ0) is 28.4. The number of rotatable bonds is 7. The van der Waals surface area contributed by atoms with Crippen LogP contribution in [0, 0.1) is 23.0 Å². The van der Waals surface area contributed by atoms with E-state index in [2.05, 4.69) is 42.8 Å². The van der Waals surface area contributed by atoms with Crippen LogP contribution in [0.15, 0.2) is 60.8 Å². The van der Waals surface area contributed by atoms with Crippen molar-refractivity contribution >= 4 is 6.09 Å². The molecular weight excluding hydrogens is 496 g/mol. The van der Waals surface area contributed by atoms with E-state index < -0.39 is 17.2 Å². The third-order valence-corrected chi connectivity index (χ3v) is 7.08. The molecular formula is C32H41F2N3O2. The number of likely N-dealkylation sites (tertiary alicyclic amines) is 1. The zero-order valence-electron chi connectivity index (χ0n) is 23.9. The summed E-state index contributed by atoms with van der Waals surface area (Å²) in [7, 11) is 0. The van der Waals surface area contributed by atoms with Gasteiger partial charge in [0.05, 0.1) is 6.04 Å². The Labute approximate surface area is 231 Å². The average molecular weight is 538 g/mol. The Morgan fingerprint density at radius 2 is 1.77 bits per heavy atom. The van der Waals surface area contributed by atoms with Gasteiger partial charge in [-0.25, -0.2) is 13.6 Å². The molecule has 5 nitrogen and oxygen atoms in total. The lowest BCUT2D eigenvalue weighted by atomic mass is 9.84. The Morgan fingerprint density at radius 3 is 2.44 bits per heavy atom. The van der Waals surface area contributed by atoms with E-state index in [4.69, 9.17) is 4.74 Å². The molecule has 2 aromatic carbocycles. The zero-order valence-corrected chi connectivity index (χ0v) is 23.9. The third-order valence-electron chi connectivity index (χ3n) is 7.08. The fourth-order valence-corrected chi connectivity index (χ4v) is 5.18. The number of benzene rings is 2. The minimum Gasteiger partial charge on any atom is -0.444 e. The third kappa shape index (κ3) is 7.47. The average Bonchev–Trinajstić information content (AvgIpc) is 3.47. The minimum absolute atomic E-state index is 0.0674. The van der Waals surface area contributed by atoms with Crippen LogP contribution < -0.4 is 5.32 Å². The molecule has 0 saturated carbocycles. The fourth-order valence-electron chi connectivity index (χ4n) is 5.18. The number of aromatic nitrogens is 1. The van der Waals surface area contributed by atoms with Gasteiger partial charge < -0.3 is 19.5 Å². The molecule has 1 aliphatic heterocycles. The summed E-state index contributed by atoms with van der Waals surface area (Å²) < 4.78 is 36.6. The topological polar surface area (TPSA) is 46.5 Å². The lowest BCUT2D eigenvalue weighted by Gasteiger charge is -2.34. The highest BCUT2D eigenvalue weighted by atomic mass is 19.1. The molecule has 2 atom stereocenters. The molecule has 1 aliphatic rings. The van der Waals surface area contributed by atoms with E-state index in [0.717, 1.165) is 30.3 Å². The molecule has 1 fully saturated rings. The molecule has 1 saturated heterocycles. The van der Waals surface area contributed by atoms with Crippen LogP contribution in [0.3, 0.4) is 0 Å². The molecule has 3 aromatic rings. The summed E-state index contributed by atoms with van der Waals surface area (Å²) in [5, 5.41) is 3.78. The van der Waals surface area contributed by atoms with Crippen molar-refractivity contribution in [1.82, 2.24) is 14.8 Å². The number of hydrogen-bond acceptors (Lipinski definition) is 3. The summed E-state index contributed by atoms with van der Waals surface area (Å²) in [4.78, 5) is 14.3. The molecule has 7 heteroatoms. The second kappa shape index (κ2) is 11.5. The molecule has 1 N–H and O–H groups in total. The second-order valence-electron chi connectivity index (χ2n) is 12.7. The van der Waals surface area contributed by atoms with E-state index >= 15 is 0 Å². The molecule has 1 amide bonds. The predicted molar refractivity (Wildman–Crippen MR) is 151 cm³/mol. The standard InChI is InChI=1S/C32H41F2N3O2/c1-31(2,3)29(35-18-23-14-15-36(20-23)30(38)39-32(4,5)6)28-16-24(26-17-25(33)12-13-27(26)34)21-37(28)19-22-10-8-7-9-11-22/h7-13,16-17,21,23,29,35H,14-15,18-20H2,1-6H3. The van der Waals surface area contributed by atoms with Crippen LogP contribution in [0.4, 0.5) is 13.6 Å². The van der Waals surface area contributed by atoms with E-state index in [1.807, 2.05) is 51.2 Å². The SMILES string of the molecule is CC(C)(C)OC(=O)N1CCC(CNC(c2cc(-c3cc(F)ccc3F)cn2Cc2ccccc2)C(C)(C)C)C1. The first kappa shape index (κ1) is 28.8. The molecule has 210 valence electrons. The van der Waals surface area contributed by atoms with E-state index in [0.29, 0.717) is 31.1 Å². The Hall–Kier alpha value is -3.19. The first-order valence-corrected chi connectivity index (χ1v) is 13.7. The van der Waals surface area contributed by atoms with E-state index in [-0.39, 0.29) is 23.1 Å². The van der Waals surface area contributed by atoms with Crippen LogP contribution >= 0.6 is 0 Å². The van der Waals surface area contributed by atoms with Crippen LogP contribution in [-0.2, 0) is 11.3 Å². The van der Waals surface area contributed by atoms with Gasteiger partial charge >= 0.3 is 6.09 Å². The minimum atomic E-state index is -0.520. The number of hydrogen-bond donors (Lipinski definition) is 1. The van der Waals surface area contributed by atoms with Gasteiger partial charge in [-0.05, 0) is 68.4 Å². The molecule has 2 unspecified atom stereocenters. The van der Waals surface area contributed by atoms with E-state index in [1.165, 1.54) is 12.1 Å². The monoisotopic (exact) mass is 537 g/mol. The van der Waals surface area contributed by atoms with E-state index in [9.17, 15) is 13.6 Å². The first-order chi connectivity index (χ1) is 18.3. The highest BCUT2D eigenvalue weighted by Crippen LogP contribution is 2.37. The summed E-state index contributed by atoms with van der Waals surface area (Å²) in [6.07, 6.45) is 2.55. The van der Waals surface area contributed by atoms with Gasteiger partial charge in [0.2, 0.25) is 0 Å². The summed E-state index contributed by atoms with van der Waals surface area (Å²) in [6.45, 7) is 14.8. The van der Waals surface area contributed by atoms with Crippen molar-refractivity contribution in [1.29, 1.82) is 0 Å². The molecule has 1 aromatic heterocycles. The van der Waals surface area contributed by atoms with Gasteiger partial charge in [0.1, 0.15) is 17.2 Å². The molecule has 39 heavy (non-hydrogen) atoms. The maximum absolute atomic E-state index is 14.8. The van der Waals surface area contributed by atoms with Gasteiger partial charge in [-0.15, -0.1) is 0 Å². The molecule has 4 rings (SSSR count). The van der Waals surface area contributed by atoms with Gasteiger partial charge in [0, 0.05) is 49.2 Å². The summed E-state index contributed by atoms with van der Waals surface area (Å²) >= 11 is 0. The van der Waals surface area contributed by atoms with Crippen molar-refractivity contribution in [3.05, 3.63) is 83.7 Å². The molecule has 0 bridgehead atoms. The van der Waals surface area contributed by atoms with Crippen molar-refractivity contribution in [2.45, 2.75) is 66.2 Å². The van der Waals surface area contributed by atoms with Gasteiger partial charge in [0.15, 0.2) is 0 Å². The lowest BCUT2D eigenvalue weighted by Crippen LogP contribution is -2.38. The number of ether oxygens (including phenoxy) is 1. The first-order valence-electron chi connectivity index (χ1n) is 13.7. The van der Waals surface area contributed by atoms with Gasteiger partial charge in [-0.1, -0.05) is 51.1 Å². The molecule has 0 radical (unpaired) electrons. The number of carbonyl (C=O) groups excluding carboxylic acids is 1. The Kier molecular flexibility index (Phi) is 8.50. The quantitative estimate of drug-likeness (QED) is 0.341. The second-order valence-corrected chi connectivity index (χ2v) is 12.7. The molecule has 2 heterocycles. The Balaban J connectivity index is 1.60. The van der Waals surface area contributed by atoms with Crippen LogP contribution in [0.2, 0.25) is 0 Å². The van der Waals surface area contributed by atoms with Crippen LogP contribution in [0.1, 0.15) is 65.3 Å². The van der Waals surface area contributed by atoms with Crippen LogP contribution in [0.5, 0.6) is 0 Å². The summed E-state index contributed by atoms with van der Waals surface area (Å²) in [5.41, 5.74) is 2.33. The van der Waals surface area contributed by atoms with Gasteiger partial charge in [-0.2, -0.15) is 0 Å². The number of nitrogens with one attached hydrogen (secondary N) is 1. The van der Waals surface area contributed by atoms with Crippen molar-refractivity contribution in [3.63, 3.8) is 0 Å². The fraction of sp³-hybridized carbons (Fsp3) is 0.469. The summed E-state index contributed by atoms with van der Waals surface area (Å²) in [5.74, 6) is -0.627. The number of nitrogens with zero attached hydrogens (tertiary/aromatic N) is 2. The van der Waals surface area contributed by atoms with Crippen molar-refractivity contribution in [2.24, 2.45) is 11.3 Å². The van der Waals surface area contributed by atoms with Crippen molar-refractivity contribution in [3.8, 4) is 11.1 Å². The van der Waals surface area contributed by atoms with Crippen molar-refractivity contribution < 1.29 is 18.3 Å². The van der Waals surface area contributed by atoms with Crippen molar-refractivity contribution in [2.75, 3.05) is 19.6 Å². The number of halogens is 2. The Morgan fingerprint density at radius 1 is 1.05 bits per heavy atom. The van der Waals surface area contributed by atoms with E-state index in [1.54, 1.807) is 4.90 Å². The maximum Gasteiger partial charge on any atom is 0.410 e.